The molecule has 0 aliphatic carbocycles. The highest BCUT2D eigenvalue weighted by Crippen LogP contribution is 2.47. The normalized spacial score (nSPS) is 64.4. The van der Waals surface area contributed by atoms with Gasteiger partial charge in [-0.05, 0) is 0 Å². The maximum absolute atomic E-state index is 6.94. The minimum Gasteiger partial charge on any atom is -0.378 e. The van der Waals surface area contributed by atoms with E-state index in [-0.39, 0.29) is 0 Å². The molecule has 0 aromatic heterocycles. The van der Waals surface area contributed by atoms with Gasteiger partial charge in [-0.15, -0.1) is 0 Å². The molecule has 0 N–H and O–H groups in total. The highest BCUT2D eigenvalue weighted by molar-refractivity contribution is 7.01. The van der Waals surface area contributed by atoms with Crippen LogP contribution in [0, 0.1) is 0 Å². The van der Waals surface area contributed by atoms with Crippen molar-refractivity contribution >= 4 is 144 Å². The van der Waals surface area contributed by atoms with Gasteiger partial charge in [-0.25, -0.2) is 0 Å². The zero-order valence-corrected chi connectivity index (χ0v) is 46.7. The third-order valence-corrected chi connectivity index (χ3v) is 72.6. The van der Waals surface area contributed by atoms with E-state index in [4.69, 9.17) is 98.8 Å². The van der Waals surface area contributed by atoms with Crippen LogP contribution in [0.15, 0.2) is 0 Å². The first kappa shape index (κ1) is 39.9. The van der Waals surface area contributed by atoms with Gasteiger partial charge in [0.25, 0.3) is 0 Å². The Morgan fingerprint density at radius 3 is 0.442 bits per heavy atom. The summed E-state index contributed by atoms with van der Waals surface area (Å²) in [5.74, 6) is 0. The van der Waals surface area contributed by atoms with E-state index in [0.29, 0.717) is 0 Å². The van der Waals surface area contributed by atoms with E-state index in [1.165, 1.54) is 0 Å². The van der Waals surface area contributed by atoms with Gasteiger partial charge < -0.3 is 98.8 Å². The van der Waals surface area contributed by atoms with E-state index in [2.05, 4.69) is 0 Å². The van der Waals surface area contributed by atoms with Crippen LogP contribution in [-0.4, -0.2) is 144 Å². The summed E-state index contributed by atoms with van der Waals surface area (Å²) in [5, 5.41) is 0. The van der Waals surface area contributed by atoms with Crippen molar-refractivity contribution in [2.75, 3.05) is 0 Å². The first-order chi connectivity index (χ1) is 23.6. The SMILES string of the molecule is C[Si]12O[SiH]3O[SiH]4O[SiH]5O[SiH](O3)O[Si]3(C)O[Si](C)(O1)O[Si]1(C)O[Si]6(C)O[Si](C)(O2)O[Si](C)(O4)O[Si]2(C)O[Si](C)(O5)O[Si](C)(O3)O[Si](C)(O1)O[Si](C)(O2)O6. The fourth-order valence-corrected chi connectivity index (χ4v) is 88.5. The highest BCUT2D eigenvalue weighted by atomic mass is 28.6. The molecule has 10 saturated heterocycles. The molecule has 16 bridgehead atoms. The van der Waals surface area contributed by atoms with E-state index in [1.54, 1.807) is 78.6 Å². The first-order valence-corrected chi connectivity index (χ1v) is 48.5. The maximum Gasteiger partial charge on any atom is 0.475 e. The van der Waals surface area contributed by atoms with Crippen LogP contribution in [0.4, 0.5) is 0 Å². The van der Waals surface area contributed by atoms with Crippen molar-refractivity contribution in [3.8, 4) is 0 Å². The molecule has 52 heavy (non-hydrogen) atoms. The van der Waals surface area contributed by atoms with Gasteiger partial charge in [-0.2, -0.15) is 0 Å². The van der Waals surface area contributed by atoms with Crippen LogP contribution < -0.4 is 0 Å². The lowest BCUT2D eigenvalue weighted by Gasteiger charge is -2.57. The Labute approximate surface area is 319 Å². The number of hydrogen-bond acceptors (Lipinski definition) is 24. The summed E-state index contributed by atoms with van der Waals surface area (Å²) in [6.07, 6.45) is 0. The smallest absolute Gasteiger partial charge is 0.378 e. The van der Waals surface area contributed by atoms with Gasteiger partial charge >= 0.3 is 144 Å². The molecular weight excluding hydrogens is 977 g/mol. The molecule has 10 aliphatic heterocycles. The lowest BCUT2D eigenvalue weighted by Crippen LogP contribution is -2.83. The summed E-state index contributed by atoms with van der Waals surface area (Å²) in [5.41, 5.74) is 0. The second-order valence-corrected chi connectivity index (χ2v) is 58.3. The summed E-state index contributed by atoms with van der Waals surface area (Å²) in [6, 6.07) is 0. The standard InChI is InChI=1S/C12H40O24Si16/c1-41-17-37-13-38-15-40-16-39(14-37)19-43(3)24-46(6,22-41)30-50(10)33-49(9)29-45(5,21-41)23-42(2,18-38)25-47(7)27-44(4,20-40)28-48(8,26-43)32-52(12,35-50)36-51(11,31-47)34-49/h37-40H,1-12H3. The zero-order chi connectivity index (χ0) is 37.3. The van der Waals surface area contributed by atoms with Crippen LogP contribution in [-0.2, 0) is 98.8 Å². The Morgan fingerprint density at radius 1 is 0.192 bits per heavy atom. The van der Waals surface area contributed by atoms with Crippen LogP contribution in [0.25, 0.3) is 0 Å². The van der Waals surface area contributed by atoms with Crippen molar-refractivity contribution < 1.29 is 98.8 Å². The van der Waals surface area contributed by atoms with Crippen LogP contribution in [0.3, 0.4) is 0 Å². The highest BCUT2D eigenvalue weighted by Gasteiger charge is 2.77. The molecule has 0 aromatic carbocycles. The molecule has 10 heterocycles. The molecular formula is C12H40O24Si16. The zero-order valence-electron chi connectivity index (χ0n) is 30.1. The maximum atomic E-state index is 6.94. The van der Waals surface area contributed by atoms with Crippen molar-refractivity contribution in [2.45, 2.75) is 78.6 Å². The van der Waals surface area contributed by atoms with Gasteiger partial charge in [0, 0.05) is 78.6 Å². The van der Waals surface area contributed by atoms with Crippen LogP contribution in [0.5, 0.6) is 0 Å². The van der Waals surface area contributed by atoms with Crippen LogP contribution >= 0.6 is 0 Å². The average molecular weight is 1020 g/mol. The lowest BCUT2D eigenvalue weighted by molar-refractivity contribution is -0.00120. The predicted molar refractivity (Wildman–Crippen MR) is 194 cm³/mol. The molecule has 0 saturated carbocycles. The summed E-state index contributed by atoms with van der Waals surface area (Å²) < 4.78 is 164. The van der Waals surface area contributed by atoms with Crippen molar-refractivity contribution in [3.63, 3.8) is 0 Å². The second kappa shape index (κ2) is 12.1. The lowest BCUT2D eigenvalue weighted by atomic mass is 11.9. The summed E-state index contributed by atoms with van der Waals surface area (Å²) in [7, 11) is -64.0. The van der Waals surface area contributed by atoms with Crippen molar-refractivity contribution in [1.29, 1.82) is 0 Å². The fraction of sp³-hybridized carbons (Fsp3) is 1.00. The Hall–Kier alpha value is 2.51. The van der Waals surface area contributed by atoms with Gasteiger partial charge in [0.1, 0.15) is 0 Å². The van der Waals surface area contributed by atoms with E-state index < -0.39 is 144 Å². The van der Waals surface area contributed by atoms with Crippen LogP contribution in [0.2, 0.25) is 78.6 Å². The average Bonchev–Trinajstić information content (AvgIpc) is 2.77. The Kier molecular flexibility index (Phi) is 9.28. The van der Waals surface area contributed by atoms with E-state index in [1.807, 2.05) is 0 Å². The van der Waals surface area contributed by atoms with Gasteiger partial charge in [0.2, 0.25) is 0 Å². The van der Waals surface area contributed by atoms with Gasteiger partial charge in [-0.3, -0.25) is 0 Å². The monoisotopic (exact) mass is 1020 g/mol. The summed E-state index contributed by atoms with van der Waals surface area (Å²) in [6.45, 7) is 19.8. The van der Waals surface area contributed by atoms with Gasteiger partial charge in [0.15, 0.2) is 0 Å². The largest absolute Gasteiger partial charge is 0.475 e. The van der Waals surface area contributed by atoms with E-state index in [0.717, 1.165) is 0 Å². The number of hydrogen-bond donors (Lipinski definition) is 0. The summed E-state index contributed by atoms with van der Waals surface area (Å²) >= 11 is 0. The van der Waals surface area contributed by atoms with E-state index in [9.17, 15) is 0 Å². The third-order valence-electron chi connectivity index (χ3n) is 8.06. The molecule has 10 fully saturated rings. The summed E-state index contributed by atoms with van der Waals surface area (Å²) in [4.78, 5) is 0. The topological polar surface area (TPSA) is 222 Å². The molecule has 0 unspecified atom stereocenters. The molecule has 10 rings (SSSR count). The Morgan fingerprint density at radius 2 is 0.308 bits per heavy atom. The Bertz CT molecular complexity index is 1260. The fourth-order valence-electron chi connectivity index (χ4n) is 7.58. The molecule has 40 heteroatoms. The number of rotatable bonds is 0. The van der Waals surface area contributed by atoms with Crippen molar-refractivity contribution in [1.82, 2.24) is 0 Å². The molecule has 296 valence electrons. The second-order valence-electron chi connectivity index (χ2n) is 14.2. The van der Waals surface area contributed by atoms with Gasteiger partial charge in [0.05, 0.1) is 0 Å². The van der Waals surface area contributed by atoms with Gasteiger partial charge in [-0.1, -0.05) is 0 Å². The Balaban J connectivity index is 1.42. The molecule has 0 amide bonds. The van der Waals surface area contributed by atoms with E-state index >= 15 is 0 Å². The van der Waals surface area contributed by atoms with Crippen molar-refractivity contribution in [3.05, 3.63) is 0 Å². The molecule has 0 aromatic rings. The minimum absolute atomic E-state index is 1.65. The third kappa shape index (κ3) is 7.70. The quantitative estimate of drug-likeness (QED) is 0.244. The first-order valence-electron chi connectivity index (χ1n) is 16.2. The molecule has 0 radical (unpaired) electrons. The van der Waals surface area contributed by atoms with Crippen LogP contribution in [0.1, 0.15) is 0 Å². The minimum atomic E-state index is -4.23. The molecule has 24 nitrogen and oxygen atoms in total. The molecule has 0 atom stereocenters. The predicted octanol–water partition coefficient (Wildman–Crippen LogP) is -1.80. The molecule has 10 aliphatic rings. The molecule has 0 spiro atoms. The van der Waals surface area contributed by atoms with Crippen molar-refractivity contribution in [2.24, 2.45) is 0 Å².